The summed E-state index contributed by atoms with van der Waals surface area (Å²) in [6.07, 6.45) is 3.91. The third-order valence-electron chi connectivity index (χ3n) is 4.60. The van der Waals surface area contributed by atoms with Gasteiger partial charge >= 0.3 is 0 Å². The largest absolute Gasteiger partial charge is 0.356 e. The van der Waals surface area contributed by atoms with E-state index < -0.39 is 0 Å². The first-order valence-corrected chi connectivity index (χ1v) is 8.28. The average Bonchev–Trinajstić information content (AvgIpc) is 3.27. The van der Waals surface area contributed by atoms with E-state index in [0.29, 0.717) is 5.65 Å². The van der Waals surface area contributed by atoms with E-state index in [0.717, 1.165) is 41.1 Å². The molecule has 0 saturated carbocycles. The molecule has 0 unspecified atom stereocenters. The smallest absolute Gasteiger partial charge is 0.165 e. The molecule has 1 aliphatic heterocycles. The van der Waals surface area contributed by atoms with Crippen molar-refractivity contribution >= 4 is 28.4 Å². The molecule has 3 aromatic rings. The van der Waals surface area contributed by atoms with Crippen molar-refractivity contribution in [1.82, 2.24) is 14.6 Å². The van der Waals surface area contributed by atoms with Crippen LogP contribution < -0.4 is 4.90 Å². The van der Waals surface area contributed by atoms with Crippen LogP contribution in [0.25, 0.3) is 22.6 Å². The van der Waals surface area contributed by atoms with Crippen molar-refractivity contribution in [2.75, 3.05) is 18.0 Å². The molecular formula is C19H16N6. The Kier molecular flexibility index (Phi) is 3.59. The van der Waals surface area contributed by atoms with Crippen LogP contribution >= 0.6 is 0 Å². The highest BCUT2D eigenvalue weighted by Crippen LogP contribution is 2.30. The number of rotatable bonds is 2. The molecule has 0 atom stereocenters. The fourth-order valence-electron chi connectivity index (χ4n) is 3.38. The summed E-state index contributed by atoms with van der Waals surface area (Å²) in [4.78, 5) is 7.19. The molecular weight excluding hydrogens is 312 g/mol. The van der Waals surface area contributed by atoms with Crippen LogP contribution in [0.4, 0.5) is 5.82 Å². The Bertz CT molecular complexity index is 1070. The van der Waals surface area contributed by atoms with Gasteiger partial charge in [-0.15, -0.1) is 0 Å². The highest BCUT2D eigenvalue weighted by molar-refractivity contribution is 5.93. The molecule has 6 nitrogen and oxygen atoms in total. The molecule has 0 N–H and O–H groups in total. The predicted octanol–water partition coefficient (Wildman–Crippen LogP) is 3.22. The van der Waals surface area contributed by atoms with E-state index in [2.05, 4.69) is 16.1 Å². The minimum Gasteiger partial charge on any atom is -0.356 e. The number of benzene rings is 1. The van der Waals surface area contributed by atoms with Crippen molar-refractivity contribution in [3.8, 4) is 12.1 Å². The monoisotopic (exact) mass is 328 g/mol. The van der Waals surface area contributed by atoms with Gasteiger partial charge in [0.2, 0.25) is 0 Å². The van der Waals surface area contributed by atoms with Crippen molar-refractivity contribution < 1.29 is 0 Å². The summed E-state index contributed by atoms with van der Waals surface area (Å²) in [7, 11) is 0. The van der Waals surface area contributed by atoms with Gasteiger partial charge in [-0.1, -0.05) is 12.1 Å². The lowest BCUT2D eigenvalue weighted by atomic mass is 10.1. The van der Waals surface area contributed by atoms with Crippen LogP contribution in [-0.4, -0.2) is 27.7 Å². The Morgan fingerprint density at radius 3 is 2.60 bits per heavy atom. The summed E-state index contributed by atoms with van der Waals surface area (Å²) in [6.45, 7) is 3.86. The summed E-state index contributed by atoms with van der Waals surface area (Å²) >= 11 is 0. The molecule has 6 heteroatoms. The van der Waals surface area contributed by atoms with E-state index in [4.69, 9.17) is 15.5 Å². The van der Waals surface area contributed by atoms with Gasteiger partial charge in [-0.2, -0.15) is 15.6 Å². The third kappa shape index (κ3) is 2.40. The van der Waals surface area contributed by atoms with Crippen LogP contribution in [0.2, 0.25) is 0 Å². The fourth-order valence-corrected chi connectivity index (χ4v) is 3.38. The number of fused-ring (bicyclic) bond motifs is 3. The predicted molar refractivity (Wildman–Crippen MR) is 95.9 cm³/mol. The molecule has 4 rings (SSSR count). The Morgan fingerprint density at radius 2 is 1.88 bits per heavy atom. The number of allylic oxidation sites excluding steroid dienone is 1. The highest BCUT2D eigenvalue weighted by atomic mass is 15.3. The lowest BCUT2D eigenvalue weighted by molar-refractivity contribution is 0.920. The number of hydrogen-bond donors (Lipinski definition) is 0. The van der Waals surface area contributed by atoms with Gasteiger partial charge in [0.15, 0.2) is 5.65 Å². The Hall–Kier alpha value is -3.38. The van der Waals surface area contributed by atoms with Crippen LogP contribution in [0.5, 0.6) is 0 Å². The maximum Gasteiger partial charge on any atom is 0.165 e. The molecule has 122 valence electrons. The van der Waals surface area contributed by atoms with Gasteiger partial charge < -0.3 is 4.90 Å². The zero-order chi connectivity index (χ0) is 17.4. The van der Waals surface area contributed by atoms with E-state index in [1.54, 1.807) is 6.08 Å². The highest BCUT2D eigenvalue weighted by Gasteiger charge is 2.20. The molecule has 1 aliphatic rings. The van der Waals surface area contributed by atoms with Gasteiger partial charge in [0, 0.05) is 24.0 Å². The number of nitrogens with zero attached hydrogens (tertiary/aromatic N) is 6. The lowest BCUT2D eigenvalue weighted by Crippen LogP contribution is -2.20. The molecule has 3 heterocycles. The fraction of sp³-hybridized carbons (Fsp3) is 0.263. The number of aryl methyl sites for hydroxylation is 1. The SMILES string of the molecule is Cc1nn2c(nc(N3CCCC3)c3ccccc32)c1C=C(C#N)C#N. The summed E-state index contributed by atoms with van der Waals surface area (Å²) < 4.78 is 1.81. The topological polar surface area (TPSA) is 81.0 Å². The van der Waals surface area contributed by atoms with Crippen LogP contribution in [0, 0.1) is 29.6 Å². The van der Waals surface area contributed by atoms with Crippen molar-refractivity contribution in [3.63, 3.8) is 0 Å². The molecule has 1 saturated heterocycles. The molecule has 1 aromatic carbocycles. The zero-order valence-corrected chi connectivity index (χ0v) is 13.9. The van der Waals surface area contributed by atoms with Gasteiger partial charge in [0.1, 0.15) is 23.5 Å². The van der Waals surface area contributed by atoms with E-state index in [-0.39, 0.29) is 5.57 Å². The molecule has 0 spiro atoms. The Morgan fingerprint density at radius 1 is 1.16 bits per heavy atom. The maximum absolute atomic E-state index is 9.09. The van der Waals surface area contributed by atoms with Gasteiger partial charge in [-0.25, -0.2) is 9.50 Å². The van der Waals surface area contributed by atoms with E-state index in [1.807, 2.05) is 41.8 Å². The second-order valence-electron chi connectivity index (χ2n) is 6.16. The second-order valence-corrected chi connectivity index (χ2v) is 6.16. The number of aromatic nitrogens is 3. The van der Waals surface area contributed by atoms with Crippen molar-refractivity contribution in [1.29, 1.82) is 10.5 Å². The summed E-state index contributed by atoms with van der Waals surface area (Å²) in [5.74, 6) is 0.950. The number of para-hydroxylation sites is 1. The van der Waals surface area contributed by atoms with Crippen molar-refractivity contribution in [2.45, 2.75) is 19.8 Å². The van der Waals surface area contributed by atoms with Crippen LogP contribution in [0.15, 0.2) is 29.8 Å². The summed E-state index contributed by atoms with van der Waals surface area (Å²) in [5, 5.41) is 23.8. The van der Waals surface area contributed by atoms with Gasteiger partial charge in [0.25, 0.3) is 0 Å². The minimum atomic E-state index is 0.0516. The van der Waals surface area contributed by atoms with E-state index >= 15 is 0 Å². The zero-order valence-electron chi connectivity index (χ0n) is 13.9. The Labute approximate surface area is 145 Å². The normalized spacial score (nSPS) is 13.8. The van der Waals surface area contributed by atoms with Crippen LogP contribution in [-0.2, 0) is 0 Å². The maximum atomic E-state index is 9.09. The first-order chi connectivity index (χ1) is 12.2. The number of anilines is 1. The number of nitriles is 2. The standard InChI is InChI=1S/C19H16N6/c1-13-16(10-14(11-20)12-21)19-22-18(24-8-4-5-9-24)15-6-2-3-7-17(15)25(19)23-13/h2-3,6-7,10H,4-5,8-9H2,1H3. The molecule has 0 bridgehead atoms. The van der Waals surface area contributed by atoms with Gasteiger partial charge in [0.05, 0.1) is 11.2 Å². The number of hydrogen-bond acceptors (Lipinski definition) is 5. The minimum absolute atomic E-state index is 0.0516. The van der Waals surface area contributed by atoms with Crippen molar-refractivity contribution in [2.24, 2.45) is 0 Å². The Balaban J connectivity index is 2.07. The van der Waals surface area contributed by atoms with E-state index in [9.17, 15) is 0 Å². The van der Waals surface area contributed by atoms with Gasteiger partial charge in [-0.05, 0) is 38.0 Å². The quantitative estimate of drug-likeness (QED) is 0.675. The molecule has 25 heavy (non-hydrogen) atoms. The van der Waals surface area contributed by atoms with E-state index in [1.165, 1.54) is 12.8 Å². The molecule has 0 amide bonds. The average molecular weight is 328 g/mol. The molecule has 1 fully saturated rings. The van der Waals surface area contributed by atoms with Gasteiger partial charge in [-0.3, -0.25) is 0 Å². The first-order valence-electron chi connectivity index (χ1n) is 8.28. The first kappa shape index (κ1) is 15.2. The molecule has 0 radical (unpaired) electrons. The lowest BCUT2D eigenvalue weighted by Gasteiger charge is -2.19. The molecule has 2 aromatic heterocycles. The van der Waals surface area contributed by atoms with Crippen molar-refractivity contribution in [3.05, 3.63) is 41.1 Å². The summed E-state index contributed by atoms with van der Waals surface area (Å²) in [5.41, 5.74) is 3.19. The second kappa shape index (κ2) is 5.92. The van der Waals surface area contributed by atoms with Crippen LogP contribution in [0.3, 0.4) is 0 Å². The summed E-state index contributed by atoms with van der Waals surface area (Å²) in [6, 6.07) is 11.9. The van der Waals surface area contributed by atoms with Crippen LogP contribution in [0.1, 0.15) is 24.1 Å². The third-order valence-corrected chi connectivity index (χ3v) is 4.60. The molecule has 0 aliphatic carbocycles.